The number of carbonyl (C=O) groups is 1. The molecule has 0 bridgehead atoms. The molecule has 0 aliphatic carbocycles. The minimum absolute atomic E-state index is 0.147. The first-order valence-electron chi connectivity index (χ1n) is 6.45. The number of hydrogen-bond donors (Lipinski definition) is 1. The summed E-state index contributed by atoms with van der Waals surface area (Å²) in [6.07, 6.45) is 1.51. The summed E-state index contributed by atoms with van der Waals surface area (Å²) in [7, 11) is 0. The van der Waals surface area contributed by atoms with Gasteiger partial charge in [-0.3, -0.25) is 4.79 Å². The summed E-state index contributed by atoms with van der Waals surface area (Å²) < 4.78 is 16.1. The summed E-state index contributed by atoms with van der Waals surface area (Å²) in [5.74, 6) is 1.94. The number of amides is 1. The van der Waals surface area contributed by atoms with Crippen LogP contribution in [0.5, 0.6) is 11.5 Å². The molecule has 1 aliphatic rings. The fraction of sp³-hybridized carbons (Fsp3) is 0.267. The molecule has 3 rings (SSSR count). The minimum Gasteiger partial charge on any atom is -0.486 e. The lowest BCUT2D eigenvalue weighted by Crippen LogP contribution is -2.23. The van der Waals surface area contributed by atoms with Gasteiger partial charge in [0, 0.05) is 6.54 Å². The van der Waals surface area contributed by atoms with Crippen molar-refractivity contribution in [2.24, 2.45) is 0 Å². The molecule has 0 spiro atoms. The van der Waals surface area contributed by atoms with Crippen LogP contribution in [0.15, 0.2) is 34.9 Å². The van der Waals surface area contributed by atoms with Crippen molar-refractivity contribution in [3.63, 3.8) is 0 Å². The highest BCUT2D eigenvalue weighted by atomic mass is 16.6. The summed E-state index contributed by atoms with van der Waals surface area (Å²) in [6, 6.07) is 7.32. The standard InChI is InChI=1S/C15H15NO4/c1-10-12(4-5-18-10)15(17)16-9-11-2-3-13-14(8-11)20-7-6-19-13/h2-5,8H,6-7,9H2,1H3,(H,16,17). The van der Waals surface area contributed by atoms with Gasteiger partial charge in [0.1, 0.15) is 19.0 Å². The monoisotopic (exact) mass is 273 g/mol. The largest absolute Gasteiger partial charge is 0.486 e. The highest BCUT2D eigenvalue weighted by Gasteiger charge is 2.13. The third kappa shape index (κ3) is 2.47. The lowest BCUT2D eigenvalue weighted by atomic mass is 10.2. The first-order chi connectivity index (χ1) is 9.74. The van der Waals surface area contributed by atoms with Gasteiger partial charge in [-0.05, 0) is 30.7 Å². The number of carbonyl (C=O) groups excluding carboxylic acids is 1. The molecular formula is C15H15NO4. The van der Waals surface area contributed by atoms with Crippen molar-refractivity contribution in [2.75, 3.05) is 13.2 Å². The fourth-order valence-corrected chi connectivity index (χ4v) is 2.10. The molecule has 0 fully saturated rings. The SMILES string of the molecule is Cc1occc1C(=O)NCc1ccc2c(c1)OCCO2. The summed E-state index contributed by atoms with van der Waals surface area (Å²) in [4.78, 5) is 12.0. The number of furan rings is 1. The van der Waals surface area contributed by atoms with Crippen LogP contribution in [0, 0.1) is 6.92 Å². The van der Waals surface area contributed by atoms with Gasteiger partial charge in [0.25, 0.3) is 5.91 Å². The van der Waals surface area contributed by atoms with Crippen molar-refractivity contribution in [3.05, 3.63) is 47.4 Å². The first-order valence-corrected chi connectivity index (χ1v) is 6.45. The molecule has 1 N–H and O–H groups in total. The molecule has 0 atom stereocenters. The van der Waals surface area contributed by atoms with Crippen LogP contribution >= 0.6 is 0 Å². The van der Waals surface area contributed by atoms with Crippen LogP contribution in [0.25, 0.3) is 0 Å². The fourth-order valence-electron chi connectivity index (χ4n) is 2.10. The van der Waals surface area contributed by atoms with Crippen LogP contribution in [-0.4, -0.2) is 19.1 Å². The predicted octanol–water partition coefficient (Wildman–Crippen LogP) is 2.29. The van der Waals surface area contributed by atoms with Crippen LogP contribution < -0.4 is 14.8 Å². The van der Waals surface area contributed by atoms with Crippen molar-refractivity contribution in [1.82, 2.24) is 5.32 Å². The number of rotatable bonds is 3. The van der Waals surface area contributed by atoms with E-state index in [1.54, 1.807) is 13.0 Å². The molecule has 2 heterocycles. The second kappa shape index (κ2) is 5.28. The zero-order valence-electron chi connectivity index (χ0n) is 11.1. The third-order valence-electron chi connectivity index (χ3n) is 3.16. The van der Waals surface area contributed by atoms with E-state index in [9.17, 15) is 4.79 Å². The molecule has 1 aliphatic heterocycles. The second-order valence-electron chi connectivity index (χ2n) is 4.55. The van der Waals surface area contributed by atoms with E-state index < -0.39 is 0 Å². The molecular weight excluding hydrogens is 258 g/mol. The molecule has 1 aromatic heterocycles. The molecule has 1 amide bonds. The van der Waals surface area contributed by atoms with Gasteiger partial charge in [-0.2, -0.15) is 0 Å². The Labute approximate surface area is 116 Å². The van der Waals surface area contributed by atoms with Gasteiger partial charge < -0.3 is 19.2 Å². The number of ether oxygens (including phenoxy) is 2. The molecule has 0 unspecified atom stereocenters. The van der Waals surface area contributed by atoms with Crippen molar-refractivity contribution in [2.45, 2.75) is 13.5 Å². The van der Waals surface area contributed by atoms with E-state index in [4.69, 9.17) is 13.9 Å². The van der Waals surface area contributed by atoms with E-state index >= 15 is 0 Å². The number of nitrogens with one attached hydrogen (secondary N) is 1. The summed E-state index contributed by atoms with van der Waals surface area (Å²) in [5, 5.41) is 2.85. The smallest absolute Gasteiger partial charge is 0.255 e. The Morgan fingerprint density at radius 2 is 2.00 bits per heavy atom. The van der Waals surface area contributed by atoms with Crippen LogP contribution in [0.1, 0.15) is 21.7 Å². The normalized spacial score (nSPS) is 13.1. The van der Waals surface area contributed by atoms with Gasteiger partial charge in [-0.15, -0.1) is 0 Å². The number of hydrogen-bond acceptors (Lipinski definition) is 4. The summed E-state index contributed by atoms with van der Waals surface area (Å²) >= 11 is 0. The molecule has 2 aromatic rings. The lowest BCUT2D eigenvalue weighted by Gasteiger charge is -2.18. The molecule has 1 aromatic carbocycles. The van der Waals surface area contributed by atoms with Crippen molar-refractivity contribution < 1.29 is 18.7 Å². The number of aryl methyl sites for hydroxylation is 1. The van der Waals surface area contributed by atoms with Gasteiger partial charge in [0.15, 0.2) is 11.5 Å². The maximum Gasteiger partial charge on any atom is 0.255 e. The van der Waals surface area contributed by atoms with Crippen LogP contribution in [-0.2, 0) is 6.54 Å². The average Bonchev–Trinajstić information content (AvgIpc) is 2.91. The van der Waals surface area contributed by atoms with E-state index in [2.05, 4.69) is 5.32 Å². The van der Waals surface area contributed by atoms with Crippen LogP contribution in [0.3, 0.4) is 0 Å². The third-order valence-corrected chi connectivity index (χ3v) is 3.16. The average molecular weight is 273 g/mol. The zero-order valence-corrected chi connectivity index (χ0v) is 11.1. The number of fused-ring (bicyclic) bond motifs is 1. The molecule has 5 nitrogen and oxygen atoms in total. The molecule has 0 radical (unpaired) electrons. The molecule has 0 saturated carbocycles. The van der Waals surface area contributed by atoms with Gasteiger partial charge in [-0.1, -0.05) is 6.07 Å². The van der Waals surface area contributed by atoms with E-state index in [-0.39, 0.29) is 5.91 Å². The van der Waals surface area contributed by atoms with Crippen LogP contribution in [0.2, 0.25) is 0 Å². The van der Waals surface area contributed by atoms with E-state index in [0.717, 1.165) is 17.1 Å². The topological polar surface area (TPSA) is 60.7 Å². The number of benzene rings is 1. The Hall–Kier alpha value is -2.43. The van der Waals surface area contributed by atoms with Crippen molar-refractivity contribution >= 4 is 5.91 Å². The maximum atomic E-state index is 12.0. The van der Waals surface area contributed by atoms with Crippen LogP contribution in [0.4, 0.5) is 0 Å². The maximum absolute atomic E-state index is 12.0. The quantitative estimate of drug-likeness (QED) is 0.932. The highest BCUT2D eigenvalue weighted by Crippen LogP contribution is 2.30. The predicted molar refractivity (Wildman–Crippen MR) is 72.0 cm³/mol. The molecule has 5 heteroatoms. The second-order valence-corrected chi connectivity index (χ2v) is 4.55. The van der Waals surface area contributed by atoms with Gasteiger partial charge >= 0.3 is 0 Å². The molecule has 20 heavy (non-hydrogen) atoms. The molecule has 0 saturated heterocycles. The van der Waals surface area contributed by atoms with Gasteiger partial charge in [0.05, 0.1) is 11.8 Å². The van der Waals surface area contributed by atoms with E-state index in [1.807, 2.05) is 18.2 Å². The zero-order chi connectivity index (χ0) is 13.9. The van der Waals surface area contributed by atoms with E-state index in [0.29, 0.717) is 31.1 Å². The first kappa shape index (κ1) is 12.6. The van der Waals surface area contributed by atoms with Crippen molar-refractivity contribution in [3.8, 4) is 11.5 Å². The Morgan fingerprint density at radius 3 is 2.75 bits per heavy atom. The lowest BCUT2D eigenvalue weighted by molar-refractivity contribution is 0.0949. The Kier molecular flexibility index (Phi) is 3.33. The Bertz CT molecular complexity index is 633. The van der Waals surface area contributed by atoms with Gasteiger partial charge in [0.2, 0.25) is 0 Å². The Balaban J connectivity index is 1.67. The van der Waals surface area contributed by atoms with Gasteiger partial charge in [-0.25, -0.2) is 0 Å². The summed E-state index contributed by atoms with van der Waals surface area (Å²) in [6.45, 7) is 3.32. The van der Waals surface area contributed by atoms with E-state index in [1.165, 1.54) is 6.26 Å². The summed E-state index contributed by atoms with van der Waals surface area (Å²) in [5.41, 5.74) is 1.52. The van der Waals surface area contributed by atoms with Crippen molar-refractivity contribution in [1.29, 1.82) is 0 Å². The minimum atomic E-state index is -0.147. The molecule has 104 valence electrons. The Morgan fingerprint density at radius 1 is 1.20 bits per heavy atom. The highest BCUT2D eigenvalue weighted by molar-refractivity contribution is 5.94.